The van der Waals surface area contributed by atoms with Gasteiger partial charge >= 0.3 is 0 Å². The van der Waals surface area contributed by atoms with Crippen LogP contribution in [0.25, 0.3) is 5.69 Å². The third-order valence-corrected chi connectivity index (χ3v) is 5.16. The number of carbonyl (C=O) groups excluding carboxylic acids is 1. The molecule has 2 heterocycles. The van der Waals surface area contributed by atoms with Crippen molar-refractivity contribution in [1.82, 2.24) is 14.7 Å². The third kappa shape index (κ3) is 3.27. The van der Waals surface area contributed by atoms with E-state index in [0.717, 1.165) is 41.5 Å². The molecular formula is C17H20FN3OS. The molecule has 3 rings (SSSR count). The molecule has 0 radical (unpaired) electrons. The van der Waals surface area contributed by atoms with Crippen LogP contribution in [0, 0.1) is 19.7 Å². The summed E-state index contributed by atoms with van der Waals surface area (Å²) in [7, 11) is 0. The summed E-state index contributed by atoms with van der Waals surface area (Å²) in [4.78, 5) is 14.4. The Balaban J connectivity index is 1.86. The van der Waals surface area contributed by atoms with E-state index in [4.69, 9.17) is 0 Å². The average molecular weight is 333 g/mol. The van der Waals surface area contributed by atoms with Crippen molar-refractivity contribution in [3.05, 3.63) is 47.0 Å². The number of amides is 1. The Kier molecular flexibility index (Phi) is 4.71. The summed E-state index contributed by atoms with van der Waals surface area (Å²) in [5, 5.41) is 4.44. The zero-order valence-corrected chi connectivity index (χ0v) is 14.2. The molecule has 2 aromatic rings. The smallest absolute Gasteiger partial charge is 0.227 e. The zero-order chi connectivity index (χ0) is 16.4. The number of aromatic nitrogens is 2. The van der Waals surface area contributed by atoms with Gasteiger partial charge in [-0.3, -0.25) is 4.79 Å². The Morgan fingerprint density at radius 3 is 2.65 bits per heavy atom. The lowest BCUT2D eigenvalue weighted by molar-refractivity contribution is -0.130. The number of rotatable bonds is 3. The SMILES string of the molecule is Cc1nn(-c2ccccc2F)c(C)c1CC(=O)N1CCSCC1. The van der Waals surface area contributed by atoms with Gasteiger partial charge in [-0.25, -0.2) is 9.07 Å². The third-order valence-electron chi connectivity index (χ3n) is 4.21. The molecule has 0 unspecified atom stereocenters. The van der Waals surface area contributed by atoms with E-state index in [2.05, 4.69) is 5.10 Å². The number of aryl methyl sites for hydroxylation is 1. The van der Waals surface area contributed by atoms with Crippen LogP contribution in [-0.4, -0.2) is 45.2 Å². The Bertz CT molecular complexity index is 723. The van der Waals surface area contributed by atoms with E-state index >= 15 is 0 Å². The van der Waals surface area contributed by atoms with Gasteiger partial charge in [0.25, 0.3) is 0 Å². The normalized spacial score (nSPS) is 15.0. The molecule has 1 saturated heterocycles. The molecule has 0 aliphatic carbocycles. The molecule has 1 fully saturated rings. The fraction of sp³-hybridized carbons (Fsp3) is 0.412. The van der Waals surface area contributed by atoms with Crippen LogP contribution in [0.3, 0.4) is 0 Å². The Hall–Kier alpha value is -1.82. The van der Waals surface area contributed by atoms with Gasteiger partial charge in [-0.2, -0.15) is 16.9 Å². The van der Waals surface area contributed by atoms with Gasteiger partial charge in [-0.05, 0) is 26.0 Å². The first kappa shape index (κ1) is 16.1. The maximum atomic E-state index is 14.0. The van der Waals surface area contributed by atoms with Crippen LogP contribution >= 0.6 is 11.8 Å². The summed E-state index contributed by atoms with van der Waals surface area (Å²) < 4.78 is 15.6. The molecule has 1 aliphatic heterocycles. The topological polar surface area (TPSA) is 38.1 Å². The summed E-state index contributed by atoms with van der Waals surface area (Å²) in [6.07, 6.45) is 0.330. The van der Waals surface area contributed by atoms with Crippen LogP contribution in [0.1, 0.15) is 17.0 Å². The fourth-order valence-corrected chi connectivity index (χ4v) is 3.77. The molecule has 0 bridgehead atoms. The summed E-state index contributed by atoms with van der Waals surface area (Å²) in [5.41, 5.74) is 2.93. The lowest BCUT2D eigenvalue weighted by Gasteiger charge is -2.26. The molecule has 23 heavy (non-hydrogen) atoms. The van der Waals surface area contributed by atoms with Crippen LogP contribution in [0.4, 0.5) is 4.39 Å². The minimum atomic E-state index is -0.316. The molecule has 1 amide bonds. The number of hydrogen-bond donors (Lipinski definition) is 0. The number of benzene rings is 1. The van der Waals surface area contributed by atoms with E-state index in [-0.39, 0.29) is 11.7 Å². The van der Waals surface area contributed by atoms with Crippen LogP contribution < -0.4 is 0 Å². The van der Waals surface area contributed by atoms with Crippen LogP contribution in [0.5, 0.6) is 0 Å². The molecular weight excluding hydrogens is 313 g/mol. The molecule has 0 N–H and O–H groups in total. The first-order chi connectivity index (χ1) is 11.1. The van der Waals surface area contributed by atoms with Gasteiger partial charge in [0.2, 0.25) is 5.91 Å². The highest BCUT2D eigenvalue weighted by atomic mass is 32.2. The predicted octanol–water partition coefficient (Wildman–Crippen LogP) is 2.75. The number of hydrogen-bond acceptors (Lipinski definition) is 3. The van der Waals surface area contributed by atoms with Crippen molar-refractivity contribution >= 4 is 17.7 Å². The average Bonchev–Trinajstić information content (AvgIpc) is 2.84. The van der Waals surface area contributed by atoms with Gasteiger partial charge < -0.3 is 4.90 Å². The van der Waals surface area contributed by atoms with Gasteiger partial charge in [0.05, 0.1) is 12.1 Å². The monoisotopic (exact) mass is 333 g/mol. The molecule has 4 nitrogen and oxygen atoms in total. The van der Waals surface area contributed by atoms with Crippen molar-refractivity contribution in [2.45, 2.75) is 20.3 Å². The Morgan fingerprint density at radius 1 is 1.26 bits per heavy atom. The second kappa shape index (κ2) is 6.74. The fourth-order valence-electron chi connectivity index (χ4n) is 2.86. The van der Waals surface area contributed by atoms with Crippen LogP contribution in [0.15, 0.2) is 24.3 Å². The maximum Gasteiger partial charge on any atom is 0.227 e. The maximum absolute atomic E-state index is 14.0. The van der Waals surface area contributed by atoms with E-state index in [1.54, 1.807) is 22.9 Å². The quantitative estimate of drug-likeness (QED) is 0.867. The van der Waals surface area contributed by atoms with Crippen LogP contribution in [-0.2, 0) is 11.2 Å². The Labute approximate surface area is 139 Å². The highest BCUT2D eigenvalue weighted by Gasteiger charge is 2.21. The molecule has 6 heteroatoms. The number of thioether (sulfide) groups is 1. The van der Waals surface area contributed by atoms with Crippen molar-refractivity contribution in [1.29, 1.82) is 0 Å². The minimum absolute atomic E-state index is 0.129. The van der Waals surface area contributed by atoms with E-state index in [1.165, 1.54) is 6.07 Å². The van der Waals surface area contributed by atoms with Crippen molar-refractivity contribution in [2.75, 3.05) is 24.6 Å². The molecule has 0 saturated carbocycles. The summed E-state index contributed by atoms with van der Waals surface area (Å²) in [5.74, 6) is 1.81. The second-order valence-corrected chi connectivity index (χ2v) is 6.91. The molecule has 1 aromatic carbocycles. The lowest BCUT2D eigenvalue weighted by atomic mass is 10.1. The number of para-hydroxylation sites is 1. The predicted molar refractivity (Wildman–Crippen MR) is 90.6 cm³/mol. The van der Waals surface area contributed by atoms with Gasteiger partial charge in [-0.15, -0.1) is 0 Å². The van der Waals surface area contributed by atoms with Gasteiger partial charge in [0, 0.05) is 35.9 Å². The summed E-state index contributed by atoms with van der Waals surface area (Å²) in [6.45, 7) is 5.38. The highest BCUT2D eigenvalue weighted by molar-refractivity contribution is 7.99. The van der Waals surface area contributed by atoms with E-state index in [0.29, 0.717) is 12.1 Å². The van der Waals surface area contributed by atoms with Crippen molar-refractivity contribution in [3.63, 3.8) is 0 Å². The molecule has 1 aliphatic rings. The van der Waals surface area contributed by atoms with Crippen molar-refractivity contribution in [2.24, 2.45) is 0 Å². The number of carbonyl (C=O) groups is 1. The molecule has 1 aromatic heterocycles. The second-order valence-electron chi connectivity index (χ2n) is 5.68. The molecule has 122 valence electrons. The molecule has 0 spiro atoms. The molecule has 0 atom stereocenters. The first-order valence-electron chi connectivity index (χ1n) is 7.73. The number of nitrogens with zero attached hydrogens (tertiary/aromatic N) is 3. The largest absolute Gasteiger partial charge is 0.341 e. The van der Waals surface area contributed by atoms with Gasteiger partial charge in [-0.1, -0.05) is 12.1 Å². The van der Waals surface area contributed by atoms with E-state index < -0.39 is 0 Å². The van der Waals surface area contributed by atoms with Crippen molar-refractivity contribution < 1.29 is 9.18 Å². The minimum Gasteiger partial charge on any atom is -0.341 e. The van der Waals surface area contributed by atoms with Gasteiger partial charge in [0.15, 0.2) is 0 Å². The lowest BCUT2D eigenvalue weighted by Crippen LogP contribution is -2.38. The zero-order valence-electron chi connectivity index (χ0n) is 13.4. The van der Waals surface area contributed by atoms with Crippen LogP contribution in [0.2, 0.25) is 0 Å². The standard InChI is InChI=1S/C17H20FN3OS/c1-12-14(11-17(22)20-7-9-23-10-8-20)13(2)21(19-12)16-6-4-3-5-15(16)18/h3-6H,7-11H2,1-2H3. The van der Waals surface area contributed by atoms with Crippen molar-refractivity contribution in [3.8, 4) is 5.69 Å². The first-order valence-corrected chi connectivity index (χ1v) is 8.89. The summed E-state index contributed by atoms with van der Waals surface area (Å²) in [6, 6.07) is 6.55. The Morgan fingerprint density at radius 2 is 1.96 bits per heavy atom. The highest BCUT2D eigenvalue weighted by Crippen LogP contribution is 2.21. The van der Waals surface area contributed by atoms with E-state index in [1.807, 2.05) is 30.5 Å². The number of halogens is 1. The van der Waals surface area contributed by atoms with E-state index in [9.17, 15) is 9.18 Å². The van der Waals surface area contributed by atoms with Gasteiger partial charge in [0.1, 0.15) is 11.5 Å². The summed E-state index contributed by atoms with van der Waals surface area (Å²) >= 11 is 1.88.